The molecule has 0 aliphatic heterocycles. The molecule has 0 fully saturated rings. The van der Waals surface area contributed by atoms with Gasteiger partial charge in [-0.1, -0.05) is 78.9 Å². The standard InChI is InChI=1S/C37H23N3S/c1-4-13-32-26(9-1)28-18-16-24(31-12-7-8-20-38-31)21-34(28)39(32)25-17-19-29-27-10-2-5-14-33(27)40(35(29)22-25)36-23-41-37-15-6-3-11-30(36)37/h1-23H. The number of benzene rings is 5. The third-order valence-electron chi connectivity index (χ3n) is 8.25. The average molecular weight is 542 g/mol. The van der Waals surface area contributed by atoms with Gasteiger partial charge in [-0.3, -0.25) is 4.98 Å². The van der Waals surface area contributed by atoms with Crippen LogP contribution < -0.4 is 0 Å². The van der Waals surface area contributed by atoms with E-state index in [4.69, 9.17) is 0 Å². The van der Waals surface area contributed by atoms with Gasteiger partial charge in [-0.2, -0.15) is 0 Å². The summed E-state index contributed by atoms with van der Waals surface area (Å²) in [6.45, 7) is 0. The third kappa shape index (κ3) is 3.28. The van der Waals surface area contributed by atoms with E-state index < -0.39 is 0 Å². The highest BCUT2D eigenvalue weighted by Gasteiger charge is 2.18. The Morgan fingerprint density at radius 2 is 1.12 bits per heavy atom. The first kappa shape index (κ1) is 22.6. The van der Waals surface area contributed by atoms with Crippen LogP contribution in [0.3, 0.4) is 0 Å². The smallest absolute Gasteiger partial charge is 0.0702 e. The van der Waals surface area contributed by atoms with Crippen LogP contribution in [-0.4, -0.2) is 14.1 Å². The van der Waals surface area contributed by atoms with Gasteiger partial charge in [0.15, 0.2) is 0 Å². The Labute approximate surface area is 240 Å². The van der Waals surface area contributed by atoms with Gasteiger partial charge in [-0.15, -0.1) is 11.3 Å². The Kier molecular flexibility index (Phi) is 4.77. The summed E-state index contributed by atoms with van der Waals surface area (Å²) >= 11 is 1.80. The number of para-hydroxylation sites is 2. The molecule has 0 amide bonds. The van der Waals surface area contributed by atoms with E-state index >= 15 is 0 Å². The molecule has 4 aromatic heterocycles. The summed E-state index contributed by atoms with van der Waals surface area (Å²) in [5.41, 5.74) is 9.27. The van der Waals surface area contributed by atoms with E-state index in [0.717, 1.165) is 16.9 Å². The second-order valence-electron chi connectivity index (χ2n) is 10.5. The van der Waals surface area contributed by atoms with Crippen LogP contribution in [0.4, 0.5) is 0 Å². The second kappa shape index (κ2) is 8.65. The van der Waals surface area contributed by atoms with Crippen molar-refractivity contribution >= 4 is 65.0 Å². The maximum absolute atomic E-state index is 4.63. The van der Waals surface area contributed by atoms with Crippen LogP contribution in [0, 0.1) is 0 Å². The lowest BCUT2D eigenvalue weighted by Crippen LogP contribution is -1.96. The Balaban J connectivity index is 1.37. The molecule has 9 aromatic rings. The molecule has 41 heavy (non-hydrogen) atoms. The number of aromatic nitrogens is 3. The molecule has 0 N–H and O–H groups in total. The predicted octanol–water partition coefficient (Wildman–Crippen LogP) is 10.2. The molecule has 0 aliphatic carbocycles. The lowest BCUT2D eigenvalue weighted by Gasteiger charge is -2.11. The first-order valence-electron chi connectivity index (χ1n) is 13.8. The summed E-state index contributed by atoms with van der Waals surface area (Å²) in [6, 6.07) is 45.9. The minimum atomic E-state index is 0.978. The van der Waals surface area contributed by atoms with Gasteiger partial charge in [0.05, 0.1) is 33.4 Å². The SMILES string of the molecule is c1ccc(-c2ccc3c4ccccc4n(-c4ccc5c6ccccc6n(-c6csc7ccccc67)c5c4)c3c2)nc1. The van der Waals surface area contributed by atoms with Gasteiger partial charge < -0.3 is 9.13 Å². The highest BCUT2D eigenvalue weighted by atomic mass is 32.1. The fourth-order valence-corrected chi connectivity index (χ4v) is 7.36. The van der Waals surface area contributed by atoms with Crippen LogP contribution in [0.1, 0.15) is 0 Å². The molecule has 3 nitrogen and oxygen atoms in total. The molecule has 0 unspecified atom stereocenters. The molecule has 4 heterocycles. The molecule has 0 atom stereocenters. The Bertz CT molecular complexity index is 2420. The van der Waals surface area contributed by atoms with E-state index in [2.05, 4.69) is 135 Å². The first-order valence-corrected chi connectivity index (χ1v) is 14.7. The molecule has 0 aliphatic rings. The van der Waals surface area contributed by atoms with Crippen molar-refractivity contribution in [1.82, 2.24) is 14.1 Å². The van der Waals surface area contributed by atoms with Crippen molar-refractivity contribution < 1.29 is 0 Å². The summed E-state index contributed by atoms with van der Waals surface area (Å²) in [7, 11) is 0. The van der Waals surface area contributed by atoms with Crippen molar-refractivity contribution in [2.45, 2.75) is 0 Å². The molecule has 0 saturated heterocycles. The van der Waals surface area contributed by atoms with Crippen molar-refractivity contribution in [3.63, 3.8) is 0 Å². The molecule has 5 aromatic carbocycles. The fourth-order valence-electron chi connectivity index (χ4n) is 6.44. The molecular formula is C37H23N3S. The maximum Gasteiger partial charge on any atom is 0.0702 e. The van der Waals surface area contributed by atoms with Gasteiger partial charge in [-0.05, 0) is 48.5 Å². The highest BCUT2D eigenvalue weighted by molar-refractivity contribution is 7.17. The summed E-state index contributed by atoms with van der Waals surface area (Å²) in [6.07, 6.45) is 1.86. The van der Waals surface area contributed by atoms with Gasteiger partial charge in [-0.25, -0.2) is 0 Å². The summed E-state index contributed by atoms with van der Waals surface area (Å²) in [5, 5.41) is 8.59. The Morgan fingerprint density at radius 3 is 1.90 bits per heavy atom. The quantitative estimate of drug-likeness (QED) is 0.218. The molecule has 0 radical (unpaired) electrons. The molecule has 0 spiro atoms. The predicted molar refractivity (Wildman–Crippen MR) is 174 cm³/mol. The van der Waals surface area contributed by atoms with E-state index in [0.29, 0.717) is 0 Å². The number of hydrogen-bond donors (Lipinski definition) is 0. The van der Waals surface area contributed by atoms with Crippen LogP contribution in [0.2, 0.25) is 0 Å². The lowest BCUT2D eigenvalue weighted by molar-refractivity contribution is 1.16. The van der Waals surface area contributed by atoms with Crippen LogP contribution >= 0.6 is 11.3 Å². The van der Waals surface area contributed by atoms with Gasteiger partial charge in [0, 0.05) is 54.5 Å². The van der Waals surface area contributed by atoms with E-state index in [9.17, 15) is 0 Å². The normalized spacial score (nSPS) is 11.9. The number of rotatable bonds is 3. The van der Waals surface area contributed by atoms with E-state index in [1.807, 2.05) is 18.3 Å². The first-order chi connectivity index (χ1) is 20.3. The Hall–Kier alpha value is -5.19. The van der Waals surface area contributed by atoms with Gasteiger partial charge in [0.2, 0.25) is 0 Å². The lowest BCUT2D eigenvalue weighted by atomic mass is 10.1. The summed E-state index contributed by atoms with van der Waals surface area (Å²) < 4.78 is 6.15. The minimum absolute atomic E-state index is 0.978. The average Bonchev–Trinajstić information content (AvgIpc) is 3.70. The number of hydrogen-bond acceptors (Lipinski definition) is 2. The van der Waals surface area contributed by atoms with Crippen LogP contribution in [0.25, 0.3) is 76.3 Å². The largest absolute Gasteiger partial charge is 0.309 e. The summed E-state index contributed by atoms with van der Waals surface area (Å²) in [5.74, 6) is 0. The number of fused-ring (bicyclic) bond motifs is 7. The minimum Gasteiger partial charge on any atom is -0.309 e. The second-order valence-corrected chi connectivity index (χ2v) is 11.4. The summed E-state index contributed by atoms with van der Waals surface area (Å²) in [4.78, 5) is 4.63. The van der Waals surface area contributed by atoms with E-state index in [1.165, 1.54) is 59.4 Å². The van der Waals surface area contributed by atoms with Crippen molar-refractivity contribution in [2.75, 3.05) is 0 Å². The topological polar surface area (TPSA) is 22.8 Å². The van der Waals surface area contributed by atoms with Crippen molar-refractivity contribution in [3.05, 3.63) is 139 Å². The van der Waals surface area contributed by atoms with Crippen LogP contribution in [0.15, 0.2) is 139 Å². The molecule has 9 rings (SSSR count). The Morgan fingerprint density at radius 1 is 0.488 bits per heavy atom. The highest BCUT2D eigenvalue weighted by Crippen LogP contribution is 2.40. The van der Waals surface area contributed by atoms with Gasteiger partial charge >= 0.3 is 0 Å². The molecule has 192 valence electrons. The van der Waals surface area contributed by atoms with Gasteiger partial charge in [0.1, 0.15) is 0 Å². The molecule has 4 heteroatoms. The zero-order chi connectivity index (χ0) is 26.9. The monoisotopic (exact) mass is 541 g/mol. The van der Waals surface area contributed by atoms with Crippen molar-refractivity contribution in [2.24, 2.45) is 0 Å². The number of thiophene rings is 1. The fraction of sp³-hybridized carbons (Fsp3) is 0. The molecule has 0 bridgehead atoms. The van der Waals surface area contributed by atoms with E-state index in [-0.39, 0.29) is 0 Å². The number of pyridine rings is 1. The third-order valence-corrected chi connectivity index (χ3v) is 9.20. The van der Waals surface area contributed by atoms with E-state index in [1.54, 1.807) is 11.3 Å². The maximum atomic E-state index is 4.63. The molecule has 0 saturated carbocycles. The van der Waals surface area contributed by atoms with Crippen LogP contribution in [0.5, 0.6) is 0 Å². The van der Waals surface area contributed by atoms with Gasteiger partial charge in [0.25, 0.3) is 0 Å². The van der Waals surface area contributed by atoms with Crippen molar-refractivity contribution in [1.29, 1.82) is 0 Å². The van der Waals surface area contributed by atoms with Crippen LogP contribution in [-0.2, 0) is 0 Å². The zero-order valence-electron chi connectivity index (χ0n) is 22.0. The number of nitrogens with zero attached hydrogens (tertiary/aromatic N) is 3. The molecular weight excluding hydrogens is 518 g/mol. The van der Waals surface area contributed by atoms with Crippen molar-refractivity contribution in [3.8, 4) is 22.6 Å². The zero-order valence-corrected chi connectivity index (χ0v) is 22.8.